The monoisotopic (exact) mass is 155 g/mol. The number of hydrogen-bond acceptors (Lipinski definition) is 3. The summed E-state index contributed by atoms with van der Waals surface area (Å²) in [5, 5.41) is 3.32. The highest BCUT2D eigenvalue weighted by molar-refractivity contribution is 5.77. The Balaban J connectivity index is 1.94. The fourth-order valence-corrected chi connectivity index (χ4v) is 2.08. The van der Waals surface area contributed by atoms with Crippen molar-refractivity contribution in [2.45, 2.75) is 18.9 Å². The molecule has 62 valence electrons. The normalized spacial score (nSPS) is 41.0. The summed E-state index contributed by atoms with van der Waals surface area (Å²) in [6.07, 6.45) is 2.39. The minimum Gasteiger partial charge on any atom is -0.469 e. The van der Waals surface area contributed by atoms with Gasteiger partial charge in [0.2, 0.25) is 0 Å². The first-order valence-corrected chi connectivity index (χ1v) is 4.16. The van der Waals surface area contributed by atoms with Gasteiger partial charge in [-0.05, 0) is 25.3 Å². The zero-order valence-electron chi connectivity index (χ0n) is 6.67. The molecule has 0 unspecified atom stereocenters. The van der Waals surface area contributed by atoms with E-state index in [4.69, 9.17) is 0 Å². The average Bonchev–Trinajstić information content (AvgIpc) is 2.77. The minimum absolute atomic E-state index is 0.0330. The van der Waals surface area contributed by atoms with Gasteiger partial charge in [-0.15, -0.1) is 0 Å². The fourth-order valence-electron chi connectivity index (χ4n) is 2.08. The Labute approximate surface area is 66.1 Å². The number of carbonyl (C=O) groups is 1. The maximum atomic E-state index is 11.1. The first-order valence-electron chi connectivity index (χ1n) is 4.16. The van der Waals surface area contributed by atoms with E-state index < -0.39 is 0 Å². The molecule has 1 N–H and O–H groups in total. The van der Waals surface area contributed by atoms with Crippen LogP contribution in [0.4, 0.5) is 0 Å². The van der Waals surface area contributed by atoms with Gasteiger partial charge in [0.15, 0.2) is 0 Å². The molecule has 3 atom stereocenters. The minimum atomic E-state index is -0.0330. The van der Waals surface area contributed by atoms with Crippen molar-refractivity contribution < 1.29 is 9.53 Å². The van der Waals surface area contributed by atoms with Crippen molar-refractivity contribution in [1.82, 2.24) is 5.32 Å². The number of fused-ring (bicyclic) bond motifs is 1. The summed E-state index contributed by atoms with van der Waals surface area (Å²) in [5.41, 5.74) is 0. The van der Waals surface area contributed by atoms with E-state index in [0.29, 0.717) is 12.0 Å². The summed E-state index contributed by atoms with van der Waals surface area (Å²) in [4.78, 5) is 11.1. The molecule has 3 nitrogen and oxygen atoms in total. The highest BCUT2D eigenvalue weighted by Gasteiger charge is 2.55. The van der Waals surface area contributed by atoms with Gasteiger partial charge in [-0.3, -0.25) is 4.79 Å². The molecule has 0 aromatic carbocycles. The predicted octanol–water partition coefficient (Wildman–Crippen LogP) is 0.157. The number of ether oxygens (including phenoxy) is 1. The van der Waals surface area contributed by atoms with E-state index in [0.717, 1.165) is 6.54 Å². The molecule has 0 bridgehead atoms. The first-order chi connectivity index (χ1) is 5.34. The quantitative estimate of drug-likeness (QED) is 0.548. The van der Waals surface area contributed by atoms with Crippen molar-refractivity contribution in [2.75, 3.05) is 13.7 Å². The van der Waals surface area contributed by atoms with Crippen molar-refractivity contribution in [1.29, 1.82) is 0 Å². The van der Waals surface area contributed by atoms with Gasteiger partial charge in [-0.25, -0.2) is 0 Å². The van der Waals surface area contributed by atoms with Crippen LogP contribution in [0, 0.1) is 11.8 Å². The molecular weight excluding hydrogens is 142 g/mol. The van der Waals surface area contributed by atoms with Gasteiger partial charge in [0, 0.05) is 6.04 Å². The molecule has 0 radical (unpaired) electrons. The molecule has 1 aliphatic heterocycles. The summed E-state index contributed by atoms with van der Waals surface area (Å²) >= 11 is 0. The SMILES string of the molecule is COC(=O)[C@@H]1[C@H]2CCCN[C@H]21. The standard InChI is InChI=1S/C8H13NO2/c1-11-8(10)6-5-3-2-4-9-7(5)6/h5-7,9H,2-4H2,1H3/t5-,6-,7-/m1/s1. The number of methoxy groups -OCH3 is 1. The first kappa shape index (κ1) is 7.10. The Morgan fingerprint density at radius 1 is 1.64 bits per heavy atom. The van der Waals surface area contributed by atoms with Crippen LogP contribution in [0.25, 0.3) is 0 Å². The van der Waals surface area contributed by atoms with Crippen LogP contribution < -0.4 is 5.32 Å². The van der Waals surface area contributed by atoms with Crippen LogP contribution in [-0.2, 0) is 9.53 Å². The Bertz CT molecular complexity index is 169. The van der Waals surface area contributed by atoms with E-state index in [1.807, 2.05) is 0 Å². The third-order valence-electron chi connectivity index (χ3n) is 2.74. The lowest BCUT2D eigenvalue weighted by Gasteiger charge is -2.07. The molecule has 1 saturated carbocycles. The maximum Gasteiger partial charge on any atom is 0.310 e. The van der Waals surface area contributed by atoms with Crippen LogP contribution in [0.1, 0.15) is 12.8 Å². The van der Waals surface area contributed by atoms with E-state index >= 15 is 0 Å². The van der Waals surface area contributed by atoms with Crippen molar-refractivity contribution in [3.8, 4) is 0 Å². The van der Waals surface area contributed by atoms with Crippen LogP contribution >= 0.6 is 0 Å². The van der Waals surface area contributed by atoms with Crippen LogP contribution in [-0.4, -0.2) is 25.7 Å². The smallest absolute Gasteiger partial charge is 0.310 e. The van der Waals surface area contributed by atoms with Gasteiger partial charge in [0.05, 0.1) is 13.0 Å². The van der Waals surface area contributed by atoms with E-state index in [1.165, 1.54) is 20.0 Å². The molecule has 0 spiro atoms. The van der Waals surface area contributed by atoms with Crippen LogP contribution in [0.15, 0.2) is 0 Å². The van der Waals surface area contributed by atoms with E-state index in [-0.39, 0.29) is 11.9 Å². The van der Waals surface area contributed by atoms with Gasteiger partial charge in [0.25, 0.3) is 0 Å². The highest BCUT2D eigenvalue weighted by Crippen LogP contribution is 2.45. The van der Waals surface area contributed by atoms with Gasteiger partial charge < -0.3 is 10.1 Å². The van der Waals surface area contributed by atoms with Crippen molar-refractivity contribution in [2.24, 2.45) is 11.8 Å². The maximum absolute atomic E-state index is 11.1. The molecule has 0 aromatic heterocycles. The third kappa shape index (κ3) is 1.03. The average molecular weight is 155 g/mol. The van der Waals surface area contributed by atoms with Crippen LogP contribution in [0.3, 0.4) is 0 Å². The molecule has 0 amide bonds. The summed E-state index contributed by atoms with van der Waals surface area (Å²) in [6, 6.07) is 0.441. The number of piperidine rings is 1. The molecule has 0 aromatic rings. The van der Waals surface area contributed by atoms with Crippen molar-refractivity contribution in [3.05, 3.63) is 0 Å². The van der Waals surface area contributed by atoms with Crippen molar-refractivity contribution >= 4 is 5.97 Å². The van der Waals surface area contributed by atoms with Gasteiger partial charge in [0.1, 0.15) is 0 Å². The Kier molecular flexibility index (Phi) is 1.60. The van der Waals surface area contributed by atoms with Gasteiger partial charge in [-0.2, -0.15) is 0 Å². The zero-order chi connectivity index (χ0) is 7.84. The molecule has 1 aliphatic carbocycles. The summed E-state index contributed by atoms with van der Waals surface area (Å²) < 4.78 is 4.69. The third-order valence-corrected chi connectivity index (χ3v) is 2.74. The second-order valence-electron chi connectivity index (χ2n) is 3.33. The Morgan fingerprint density at radius 3 is 3.00 bits per heavy atom. The Morgan fingerprint density at radius 2 is 2.45 bits per heavy atom. The Hall–Kier alpha value is -0.570. The lowest BCUT2D eigenvalue weighted by Crippen LogP contribution is -2.25. The molecule has 1 saturated heterocycles. The van der Waals surface area contributed by atoms with Crippen LogP contribution in [0.5, 0.6) is 0 Å². The highest BCUT2D eigenvalue weighted by atomic mass is 16.5. The summed E-state index contributed by atoms with van der Waals surface area (Å²) in [5.74, 6) is 0.716. The molecule has 2 fully saturated rings. The van der Waals surface area contributed by atoms with Gasteiger partial charge in [-0.1, -0.05) is 0 Å². The topological polar surface area (TPSA) is 38.3 Å². The number of hydrogen-bond donors (Lipinski definition) is 1. The lowest BCUT2D eigenvalue weighted by atomic mass is 10.1. The number of nitrogens with one attached hydrogen (secondary N) is 1. The second kappa shape index (κ2) is 2.48. The van der Waals surface area contributed by atoms with Crippen molar-refractivity contribution in [3.63, 3.8) is 0 Å². The molecule has 11 heavy (non-hydrogen) atoms. The van der Waals surface area contributed by atoms with Crippen LogP contribution in [0.2, 0.25) is 0 Å². The van der Waals surface area contributed by atoms with E-state index in [2.05, 4.69) is 10.1 Å². The molecule has 3 heteroatoms. The molecule has 1 heterocycles. The predicted molar refractivity (Wildman–Crippen MR) is 40.0 cm³/mol. The summed E-state index contributed by atoms with van der Waals surface area (Å²) in [7, 11) is 1.46. The second-order valence-corrected chi connectivity index (χ2v) is 3.33. The largest absolute Gasteiger partial charge is 0.469 e. The molecular formula is C8H13NO2. The lowest BCUT2D eigenvalue weighted by molar-refractivity contribution is -0.142. The number of carbonyl (C=O) groups excluding carboxylic acids is 1. The molecule has 2 rings (SSSR count). The fraction of sp³-hybridized carbons (Fsp3) is 0.875. The van der Waals surface area contributed by atoms with E-state index in [9.17, 15) is 4.79 Å². The molecule has 2 aliphatic rings. The summed E-state index contributed by atoms with van der Waals surface area (Å²) in [6.45, 7) is 1.06. The zero-order valence-corrected chi connectivity index (χ0v) is 6.67. The van der Waals surface area contributed by atoms with E-state index in [1.54, 1.807) is 0 Å². The number of rotatable bonds is 1. The van der Waals surface area contributed by atoms with Gasteiger partial charge >= 0.3 is 5.97 Å². The number of esters is 1.